The Hall–Kier alpha value is -0.760. The largest absolute Gasteiger partial charge is 0.264 e. The van der Waals surface area contributed by atoms with Crippen molar-refractivity contribution in [1.29, 1.82) is 0 Å². The smallest absolute Gasteiger partial charge is 0.0334 e. The van der Waals surface area contributed by atoms with Crippen molar-refractivity contribution in [2.24, 2.45) is 4.99 Å². The molecule has 1 nitrogen and oxygen atoms in total. The third-order valence-electron chi connectivity index (χ3n) is 0.655. The maximum Gasteiger partial charge on any atom is 0.0334 e. The Morgan fingerprint density at radius 2 is 2.22 bits per heavy atom. The van der Waals surface area contributed by atoms with Gasteiger partial charge >= 0.3 is 0 Å². The van der Waals surface area contributed by atoms with Gasteiger partial charge in [0.1, 0.15) is 0 Å². The molecule has 9 heavy (non-hydrogen) atoms. The molecule has 0 unspecified atom stereocenters. The molecule has 0 fully saturated rings. The number of hydrogen-bond donors (Lipinski definition) is 1. The summed E-state index contributed by atoms with van der Waals surface area (Å²) in [7, 11) is 0. The molecule has 0 spiro atoms. The molecule has 0 bridgehead atoms. The van der Waals surface area contributed by atoms with E-state index in [1.807, 2.05) is 0 Å². The number of thiol groups is 1. The predicted molar refractivity (Wildman–Crippen MR) is 46.0 cm³/mol. The van der Waals surface area contributed by atoms with Crippen molar-refractivity contribution in [1.82, 2.24) is 0 Å². The summed E-state index contributed by atoms with van der Waals surface area (Å²) < 4.78 is 0. The van der Waals surface area contributed by atoms with Crippen LogP contribution in [0.25, 0.3) is 0 Å². The van der Waals surface area contributed by atoms with E-state index in [0.29, 0.717) is 0 Å². The molecule has 0 N–H and O–H groups in total. The molecular formula is C7H9NS. The van der Waals surface area contributed by atoms with Gasteiger partial charge < -0.3 is 0 Å². The van der Waals surface area contributed by atoms with Gasteiger partial charge in [0, 0.05) is 12.4 Å². The molecule has 0 saturated heterocycles. The first-order valence-corrected chi connectivity index (χ1v) is 2.96. The SMILES string of the molecule is C=CC(=C)/C=N\C=C/S. The van der Waals surface area contributed by atoms with Crippen molar-refractivity contribution in [3.05, 3.63) is 36.4 Å². The molecular weight excluding hydrogens is 130 g/mol. The number of allylic oxidation sites excluding steroid dienone is 2. The second-order valence-electron chi connectivity index (χ2n) is 1.36. The summed E-state index contributed by atoms with van der Waals surface area (Å²) in [6.07, 6.45) is 4.81. The molecule has 0 atom stereocenters. The first kappa shape index (κ1) is 8.24. The number of nitrogens with zero attached hydrogens (tertiary/aromatic N) is 1. The van der Waals surface area contributed by atoms with Gasteiger partial charge in [0.2, 0.25) is 0 Å². The van der Waals surface area contributed by atoms with Gasteiger partial charge in [-0.3, -0.25) is 4.99 Å². The highest BCUT2D eigenvalue weighted by atomic mass is 32.1. The zero-order valence-electron chi connectivity index (χ0n) is 5.12. The standard InChI is InChI=1S/C7H9NS/c1-3-7(2)6-8-4-5-9/h3-6,9H,1-2H2/b5-4-,8-6-. The van der Waals surface area contributed by atoms with Crippen LogP contribution in [0.4, 0.5) is 0 Å². The molecule has 0 aromatic rings. The Morgan fingerprint density at radius 1 is 1.56 bits per heavy atom. The zero-order valence-corrected chi connectivity index (χ0v) is 6.01. The van der Waals surface area contributed by atoms with Crippen LogP contribution in [0.3, 0.4) is 0 Å². The monoisotopic (exact) mass is 139 g/mol. The van der Waals surface area contributed by atoms with Crippen molar-refractivity contribution < 1.29 is 0 Å². The van der Waals surface area contributed by atoms with Crippen LogP contribution in [-0.4, -0.2) is 6.21 Å². The molecule has 2 heteroatoms. The van der Waals surface area contributed by atoms with Gasteiger partial charge in [0.25, 0.3) is 0 Å². The van der Waals surface area contributed by atoms with Crippen molar-refractivity contribution in [2.45, 2.75) is 0 Å². The quantitative estimate of drug-likeness (QED) is 0.349. The molecule has 0 rings (SSSR count). The Balaban J connectivity index is 3.70. The van der Waals surface area contributed by atoms with Crippen LogP contribution in [0.1, 0.15) is 0 Å². The summed E-state index contributed by atoms with van der Waals surface area (Å²) in [6, 6.07) is 0. The van der Waals surface area contributed by atoms with Gasteiger partial charge in [-0.1, -0.05) is 19.2 Å². The number of hydrogen-bond acceptors (Lipinski definition) is 2. The highest BCUT2D eigenvalue weighted by Gasteiger charge is 1.72. The van der Waals surface area contributed by atoms with E-state index in [1.54, 1.807) is 23.9 Å². The number of rotatable bonds is 3. The first-order chi connectivity index (χ1) is 4.31. The Bertz CT molecular complexity index is 156. The van der Waals surface area contributed by atoms with E-state index < -0.39 is 0 Å². The lowest BCUT2D eigenvalue weighted by Crippen LogP contribution is -1.71. The maximum atomic E-state index is 3.81. The van der Waals surface area contributed by atoms with E-state index in [0.717, 1.165) is 5.57 Å². The summed E-state index contributed by atoms with van der Waals surface area (Å²) in [5.41, 5.74) is 0.793. The normalized spacial score (nSPS) is 10.8. The van der Waals surface area contributed by atoms with E-state index in [2.05, 4.69) is 30.8 Å². The minimum Gasteiger partial charge on any atom is -0.264 e. The average molecular weight is 139 g/mol. The van der Waals surface area contributed by atoms with E-state index in [-0.39, 0.29) is 0 Å². The van der Waals surface area contributed by atoms with Crippen LogP contribution < -0.4 is 0 Å². The zero-order chi connectivity index (χ0) is 7.11. The van der Waals surface area contributed by atoms with E-state index in [4.69, 9.17) is 0 Å². The Morgan fingerprint density at radius 3 is 2.67 bits per heavy atom. The highest BCUT2D eigenvalue weighted by molar-refractivity contribution is 7.83. The Labute approximate surface area is 60.9 Å². The van der Waals surface area contributed by atoms with Crippen LogP contribution in [-0.2, 0) is 0 Å². The van der Waals surface area contributed by atoms with Crippen LogP contribution in [0.15, 0.2) is 41.4 Å². The minimum atomic E-state index is 0.793. The fourth-order valence-electron chi connectivity index (χ4n) is 0.230. The lowest BCUT2D eigenvalue weighted by Gasteiger charge is -1.80. The van der Waals surface area contributed by atoms with Gasteiger partial charge in [0.15, 0.2) is 0 Å². The molecule has 0 aliphatic carbocycles. The second kappa shape index (κ2) is 5.38. The fraction of sp³-hybridized carbons (Fsp3) is 0. The third-order valence-corrected chi connectivity index (χ3v) is 0.789. The molecule has 48 valence electrons. The van der Waals surface area contributed by atoms with Gasteiger partial charge in [-0.25, -0.2) is 0 Å². The minimum absolute atomic E-state index is 0.793. The molecule has 0 aliphatic heterocycles. The molecule has 0 saturated carbocycles. The first-order valence-electron chi connectivity index (χ1n) is 2.45. The molecule has 0 radical (unpaired) electrons. The van der Waals surface area contributed by atoms with Crippen LogP contribution >= 0.6 is 12.6 Å². The van der Waals surface area contributed by atoms with E-state index in [9.17, 15) is 0 Å². The summed E-state index contributed by atoms with van der Waals surface area (Å²) in [6.45, 7) is 7.12. The van der Waals surface area contributed by atoms with Gasteiger partial charge in [-0.05, 0) is 11.0 Å². The Kier molecular flexibility index (Phi) is 4.92. The van der Waals surface area contributed by atoms with E-state index >= 15 is 0 Å². The highest BCUT2D eigenvalue weighted by Crippen LogP contribution is 1.85. The lowest BCUT2D eigenvalue weighted by atomic mass is 10.3. The molecule has 0 aromatic heterocycles. The molecule has 0 heterocycles. The summed E-state index contributed by atoms with van der Waals surface area (Å²) in [4.78, 5) is 3.81. The average Bonchev–Trinajstić information content (AvgIpc) is 1.89. The van der Waals surface area contributed by atoms with Crippen molar-refractivity contribution in [2.75, 3.05) is 0 Å². The second-order valence-corrected chi connectivity index (χ2v) is 1.65. The summed E-state index contributed by atoms with van der Waals surface area (Å²) in [5.74, 6) is 0. The fourth-order valence-corrected chi connectivity index (χ4v) is 0.307. The molecule has 0 aliphatic rings. The lowest BCUT2D eigenvalue weighted by molar-refractivity contribution is 1.61. The molecule has 0 aromatic carbocycles. The van der Waals surface area contributed by atoms with Crippen LogP contribution in [0.5, 0.6) is 0 Å². The maximum absolute atomic E-state index is 3.81. The summed E-state index contributed by atoms with van der Waals surface area (Å²) >= 11 is 3.80. The van der Waals surface area contributed by atoms with Crippen LogP contribution in [0.2, 0.25) is 0 Å². The number of aliphatic imine (C=N–C) groups is 1. The van der Waals surface area contributed by atoms with E-state index in [1.165, 1.54) is 0 Å². The molecule has 0 amide bonds. The predicted octanol–water partition coefficient (Wildman–Crippen LogP) is 2.20. The van der Waals surface area contributed by atoms with Gasteiger partial charge in [-0.2, -0.15) is 0 Å². The van der Waals surface area contributed by atoms with Crippen molar-refractivity contribution in [3.8, 4) is 0 Å². The summed E-state index contributed by atoms with van der Waals surface area (Å²) in [5, 5.41) is 1.55. The topological polar surface area (TPSA) is 12.4 Å². The van der Waals surface area contributed by atoms with Crippen LogP contribution in [0, 0.1) is 0 Å². The third kappa shape index (κ3) is 5.11. The van der Waals surface area contributed by atoms with Gasteiger partial charge in [-0.15, -0.1) is 12.6 Å². The van der Waals surface area contributed by atoms with Crippen molar-refractivity contribution >= 4 is 18.8 Å². The van der Waals surface area contributed by atoms with Gasteiger partial charge in [0.05, 0.1) is 0 Å². The van der Waals surface area contributed by atoms with Crippen molar-refractivity contribution in [3.63, 3.8) is 0 Å².